The molecular formula is C19H23N2OS+. The second-order valence-electron chi connectivity index (χ2n) is 6.59. The summed E-state index contributed by atoms with van der Waals surface area (Å²) in [5.41, 5.74) is 1.56. The van der Waals surface area contributed by atoms with Gasteiger partial charge in [-0.15, -0.1) is 11.3 Å². The Morgan fingerprint density at radius 1 is 1.13 bits per heavy atom. The first-order valence-electron chi connectivity index (χ1n) is 8.42. The van der Waals surface area contributed by atoms with Gasteiger partial charge in [-0.2, -0.15) is 0 Å². The van der Waals surface area contributed by atoms with Crippen molar-refractivity contribution in [3.05, 3.63) is 52.2 Å². The number of thiophene rings is 1. The quantitative estimate of drug-likeness (QED) is 0.851. The molecule has 3 heterocycles. The maximum absolute atomic E-state index is 11.5. The molecule has 2 aromatic rings. The van der Waals surface area contributed by atoms with Crippen LogP contribution in [0.1, 0.15) is 36.1 Å². The highest BCUT2D eigenvalue weighted by Crippen LogP contribution is 2.37. The summed E-state index contributed by atoms with van der Waals surface area (Å²) < 4.78 is 2.26. The molecule has 0 fully saturated rings. The van der Waals surface area contributed by atoms with Gasteiger partial charge in [-0.1, -0.05) is 23.8 Å². The van der Waals surface area contributed by atoms with Gasteiger partial charge in [0.2, 0.25) is 0 Å². The zero-order chi connectivity index (χ0) is 15.9. The number of rotatable bonds is 2. The highest BCUT2D eigenvalue weighted by molar-refractivity contribution is 7.10. The summed E-state index contributed by atoms with van der Waals surface area (Å²) in [5, 5.41) is 13.6. The minimum atomic E-state index is -0.890. The summed E-state index contributed by atoms with van der Waals surface area (Å²) in [4.78, 5) is 3.37. The second kappa shape index (κ2) is 5.77. The lowest BCUT2D eigenvalue weighted by Crippen LogP contribution is -2.40. The average Bonchev–Trinajstić information content (AvgIpc) is 3.10. The van der Waals surface area contributed by atoms with E-state index in [1.807, 2.05) is 6.07 Å². The molecule has 1 unspecified atom stereocenters. The maximum atomic E-state index is 11.5. The average molecular weight is 327 g/mol. The first-order valence-corrected chi connectivity index (χ1v) is 9.30. The molecule has 0 bridgehead atoms. The van der Waals surface area contributed by atoms with Crippen molar-refractivity contribution in [2.75, 3.05) is 18.0 Å². The van der Waals surface area contributed by atoms with E-state index in [0.717, 1.165) is 24.3 Å². The first-order chi connectivity index (χ1) is 11.2. The molecule has 1 N–H and O–H groups in total. The lowest BCUT2D eigenvalue weighted by molar-refractivity contribution is -0.657. The Morgan fingerprint density at radius 3 is 2.70 bits per heavy atom. The molecule has 0 aliphatic carbocycles. The molecule has 23 heavy (non-hydrogen) atoms. The highest BCUT2D eigenvalue weighted by atomic mass is 32.1. The van der Waals surface area contributed by atoms with Crippen LogP contribution in [0.25, 0.3) is 0 Å². The van der Waals surface area contributed by atoms with E-state index < -0.39 is 5.72 Å². The van der Waals surface area contributed by atoms with Gasteiger partial charge in [-0.3, -0.25) is 0 Å². The summed E-state index contributed by atoms with van der Waals surface area (Å²) in [6.07, 6.45) is 4.64. The second-order valence-corrected chi connectivity index (χ2v) is 7.54. The molecule has 1 aromatic carbocycles. The summed E-state index contributed by atoms with van der Waals surface area (Å²) in [6, 6.07) is 12.7. The number of amidine groups is 1. The van der Waals surface area contributed by atoms with Crippen molar-refractivity contribution in [1.82, 2.24) is 0 Å². The monoisotopic (exact) mass is 327 g/mol. The van der Waals surface area contributed by atoms with E-state index in [9.17, 15) is 5.11 Å². The summed E-state index contributed by atoms with van der Waals surface area (Å²) in [5.74, 6) is 1.28. The van der Waals surface area contributed by atoms with Crippen LogP contribution in [-0.2, 0) is 5.72 Å². The van der Waals surface area contributed by atoms with E-state index >= 15 is 0 Å². The van der Waals surface area contributed by atoms with Crippen LogP contribution >= 0.6 is 11.3 Å². The van der Waals surface area contributed by atoms with Crippen LogP contribution < -0.4 is 4.90 Å². The van der Waals surface area contributed by atoms with Crippen molar-refractivity contribution < 1.29 is 9.68 Å². The molecule has 3 nitrogen and oxygen atoms in total. The van der Waals surface area contributed by atoms with E-state index in [1.54, 1.807) is 11.3 Å². The molecule has 0 spiro atoms. The number of β-amino-alcohol motifs (C(OH)–C–C–N with tert-alkyl or cyclic N) is 1. The van der Waals surface area contributed by atoms with Crippen LogP contribution in [0.2, 0.25) is 0 Å². The molecule has 1 atom stereocenters. The fourth-order valence-corrected chi connectivity index (χ4v) is 4.58. The van der Waals surface area contributed by atoms with Crippen molar-refractivity contribution in [2.24, 2.45) is 0 Å². The lowest BCUT2D eigenvalue weighted by atomic mass is 10.1. The molecule has 120 valence electrons. The summed E-state index contributed by atoms with van der Waals surface area (Å²) in [7, 11) is 0. The molecule has 2 aliphatic rings. The van der Waals surface area contributed by atoms with Crippen molar-refractivity contribution in [3.63, 3.8) is 0 Å². The van der Waals surface area contributed by atoms with Gasteiger partial charge in [-0.25, -0.2) is 9.48 Å². The van der Waals surface area contributed by atoms with Gasteiger partial charge < -0.3 is 5.11 Å². The molecule has 0 amide bonds. The minimum absolute atomic E-state index is 0.617. The van der Waals surface area contributed by atoms with E-state index in [1.165, 1.54) is 29.9 Å². The number of nitrogens with zero attached hydrogens (tertiary/aromatic N) is 2. The normalized spacial score (nSPS) is 24.7. The molecule has 0 radical (unpaired) electrons. The number of aliphatic hydroxyl groups is 1. The van der Waals surface area contributed by atoms with Crippen molar-refractivity contribution in [2.45, 2.75) is 38.3 Å². The van der Waals surface area contributed by atoms with Crippen molar-refractivity contribution in [3.8, 4) is 0 Å². The number of anilines is 1. The molecule has 0 saturated heterocycles. The topological polar surface area (TPSA) is 26.5 Å². The number of hydrogen-bond acceptors (Lipinski definition) is 3. The maximum Gasteiger partial charge on any atom is 0.280 e. The predicted molar refractivity (Wildman–Crippen MR) is 95.3 cm³/mol. The van der Waals surface area contributed by atoms with E-state index in [4.69, 9.17) is 0 Å². The zero-order valence-electron chi connectivity index (χ0n) is 13.5. The Balaban J connectivity index is 1.80. The third-order valence-electron chi connectivity index (χ3n) is 4.99. The third kappa shape index (κ3) is 2.50. The van der Waals surface area contributed by atoms with Crippen molar-refractivity contribution >= 4 is 22.9 Å². The molecule has 2 aliphatic heterocycles. The van der Waals surface area contributed by atoms with Gasteiger partial charge in [0.25, 0.3) is 11.6 Å². The van der Waals surface area contributed by atoms with E-state index in [2.05, 4.69) is 52.1 Å². The zero-order valence-corrected chi connectivity index (χ0v) is 14.4. The molecule has 0 saturated carbocycles. The summed E-state index contributed by atoms with van der Waals surface area (Å²) in [6.45, 7) is 3.67. The van der Waals surface area contributed by atoms with Crippen LogP contribution in [0.3, 0.4) is 0 Å². The Labute approximate surface area is 141 Å². The number of hydrogen-bond donors (Lipinski definition) is 1. The third-order valence-corrected chi connectivity index (χ3v) is 6.00. The molecular weight excluding hydrogens is 304 g/mol. The Hall–Kier alpha value is -1.65. The van der Waals surface area contributed by atoms with Crippen LogP contribution in [0, 0.1) is 6.92 Å². The Morgan fingerprint density at radius 2 is 1.96 bits per heavy atom. The summed E-state index contributed by atoms with van der Waals surface area (Å²) >= 11 is 1.65. The van der Waals surface area contributed by atoms with Crippen LogP contribution in [-0.4, -0.2) is 28.6 Å². The number of aryl methyl sites for hydroxylation is 1. The SMILES string of the molecule is Cc1ccc(N2CC(O)(c3cccs3)[N+]3=C2CCCCC3)cc1. The Bertz CT molecular complexity index is 720. The van der Waals surface area contributed by atoms with Gasteiger partial charge in [0, 0.05) is 6.42 Å². The van der Waals surface area contributed by atoms with Gasteiger partial charge in [0.1, 0.15) is 5.69 Å². The smallest absolute Gasteiger partial charge is 0.280 e. The van der Waals surface area contributed by atoms with Gasteiger partial charge in [-0.05, 0) is 49.8 Å². The van der Waals surface area contributed by atoms with Crippen molar-refractivity contribution in [1.29, 1.82) is 0 Å². The van der Waals surface area contributed by atoms with Crippen LogP contribution in [0.15, 0.2) is 41.8 Å². The fraction of sp³-hybridized carbons (Fsp3) is 0.421. The van der Waals surface area contributed by atoms with Crippen LogP contribution in [0.4, 0.5) is 5.69 Å². The van der Waals surface area contributed by atoms with Crippen LogP contribution in [0.5, 0.6) is 0 Å². The predicted octanol–water partition coefficient (Wildman–Crippen LogP) is 3.71. The first kappa shape index (κ1) is 14.9. The molecule has 4 heteroatoms. The lowest BCUT2D eigenvalue weighted by Gasteiger charge is -2.21. The molecule has 1 aromatic heterocycles. The standard InChI is InChI=1S/C19H23N2OS/c1-15-8-10-16(11-9-15)20-14-19(22,17-6-5-13-23-17)21-12-4-2-3-7-18(20)21/h5-6,8-11,13,22H,2-4,7,12,14H2,1H3/q+1. The largest absolute Gasteiger partial charge is 0.346 e. The molecule has 4 rings (SSSR count). The minimum Gasteiger partial charge on any atom is -0.346 e. The highest BCUT2D eigenvalue weighted by Gasteiger charge is 2.52. The van der Waals surface area contributed by atoms with E-state index in [0.29, 0.717) is 6.54 Å². The fourth-order valence-electron chi connectivity index (χ4n) is 3.75. The van der Waals surface area contributed by atoms with E-state index in [-0.39, 0.29) is 0 Å². The Kier molecular flexibility index (Phi) is 3.74. The number of benzene rings is 1. The van der Waals surface area contributed by atoms with Gasteiger partial charge >= 0.3 is 0 Å². The van der Waals surface area contributed by atoms with Gasteiger partial charge in [0.15, 0.2) is 6.54 Å². The van der Waals surface area contributed by atoms with Gasteiger partial charge in [0.05, 0.1) is 11.4 Å².